The highest BCUT2D eigenvalue weighted by Crippen LogP contribution is 2.26. The Morgan fingerprint density at radius 3 is 2.45 bits per heavy atom. The summed E-state index contributed by atoms with van der Waals surface area (Å²) in [6.07, 6.45) is 10.5. The molecule has 0 aromatic heterocycles. The molecule has 3 fully saturated rings. The summed E-state index contributed by atoms with van der Waals surface area (Å²) in [6, 6.07) is 0. The predicted molar refractivity (Wildman–Crippen MR) is 126 cm³/mol. The summed E-state index contributed by atoms with van der Waals surface area (Å²) < 4.78 is 11.9. The van der Waals surface area contributed by atoms with Crippen LogP contribution in [0.15, 0.2) is 4.99 Å². The number of hydrogen-bond acceptors (Lipinski definition) is 4. The number of piperidine rings is 1. The van der Waals surface area contributed by atoms with E-state index in [4.69, 9.17) is 9.47 Å². The van der Waals surface area contributed by atoms with Crippen LogP contribution in [0.25, 0.3) is 0 Å². The van der Waals surface area contributed by atoms with Crippen molar-refractivity contribution in [3.8, 4) is 0 Å². The van der Waals surface area contributed by atoms with Crippen molar-refractivity contribution in [2.45, 2.75) is 70.0 Å². The van der Waals surface area contributed by atoms with Crippen LogP contribution in [-0.2, 0) is 14.3 Å². The highest BCUT2D eigenvalue weighted by Gasteiger charge is 2.25. The standard InChI is InChI=1S/C21H38N4O3.HI/c1-22-21(24-12-5-11-23-20(26)17-6-4-7-17)25-13-9-18(10-14-25)28-16-19-8-2-3-15-27-19;/h17-19H,2-16H2,1H3,(H,22,24)(H,23,26);1H. The highest BCUT2D eigenvalue weighted by atomic mass is 127. The Morgan fingerprint density at radius 1 is 1.07 bits per heavy atom. The van der Waals surface area contributed by atoms with Crippen LogP contribution in [0, 0.1) is 5.92 Å². The molecule has 168 valence electrons. The summed E-state index contributed by atoms with van der Waals surface area (Å²) in [5.74, 6) is 1.46. The molecule has 29 heavy (non-hydrogen) atoms. The minimum Gasteiger partial charge on any atom is -0.376 e. The lowest BCUT2D eigenvalue weighted by Crippen LogP contribution is -2.47. The second-order valence-electron chi connectivity index (χ2n) is 8.25. The molecule has 2 heterocycles. The number of halogens is 1. The minimum absolute atomic E-state index is 0. The van der Waals surface area contributed by atoms with E-state index in [0.717, 1.165) is 83.9 Å². The molecule has 1 aliphatic carbocycles. The molecule has 1 unspecified atom stereocenters. The summed E-state index contributed by atoms with van der Waals surface area (Å²) in [4.78, 5) is 18.6. The van der Waals surface area contributed by atoms with E-state index in [1.54, 1.807) is 0 Å². The van der Waals surface area contributed by atoms with E-state index >= 15 is 0 Å². The zero-order valence-electron chi connectivity index (χ0n) is 17.9. The Hall–Kier alpha value is -0.610. The van der Waals surface area contributed by atoms with Gasteiger partial charge in [0.1, 0.15) is 0 Å². The van der Waals surface area contributed by atoms with Crippen LogP contribution in [0.1, 0.15) is 57.8 Å². The number of carbonyl (C=O) groups excluding carboxylic acids is 1. The Labute approximate surface area is 192 Å². The monoisotopic (exact) mass is 522 g/mol. The molecule has 8 heteroatoms. The number of hydrogen-bond donors (Lipinski definition) is 2. The molecule has 2 aliphatic heterocycles. The van der Waals surface area contributed by atoms with Gasteiger partial charge in [-0.3, -0.25) is 9.79 Å². The Balaban J connectivity index is 0.00000300. The van der Waals surface area contributed by atoms with Crippen LogP contribution in [0.4, 0.5) is 0 Å². The largest absolute Gasteiger partial charge is 0.376 e. The van der Waals surface area contributed by atoms with Crippen LogP contribution in [0.3, 0.4) is 0 Å². The average Bonchev–Trinajstić information content (AvgIpc) is 2.69. The molecule has 0 bridgehead atoms. The van der Waals surface area contributed by atoms with Gasteiger partial charge in [-0.25, -0.2) is 0 Å². The lowest BCUT2D eigenvalue weighted by Gasteiger charge is -2.35. The second kappa shape index (κ2) is 13.6. The predicted octanol–water partition coefficient (Wildman–Crippen LogP) is 2.54. The molecule has 1 amide bonds. The number of ether oxygens (including phenoxy) is 2. The zero-order chi connectivity index (χ0) is 19.6. The zero-order valence-corrected chi connectivity index (χ0v) is 20.2. The first kappa shape index (κ1) is 24.7. The smallest absolute Gasteiger partial charge is 0.223 e. The minimum atomic E-state index is 0. The van der Waals surface area contributed by atoms with Crippen LogP contribution < -0.4 is 10.6 Å². The van der Waals surface area contributed by atoms with Gasteiger partial charge in [-0.15, -0.1) is 24.0 Å². The molecule has 0 aromatic rings. The quantitative estimate of drug-likeness (QED) is 0.222. The molecule has 3 aliphatic rings. The van der Waals surface area contributed by atoms with E-state index in [9.17, 15) is 4.79 Å². The van der Waals surface area contributed by atoms with Crippen LogP contribution in [0.5, 0.6) is 0 Å². The van der Waals surface area contributed by atoms with Gasteiger partial charge in [0.05, 0.1) is 18.8 Å². The number of amides is 1. The summed E-state index contributed by atoms with van der Waals surface area (Å²) in [7, 11) is 1.84. The molecule has 1 saturated carbocycles. The normalized spacial score (nSPS) is 23.8. The molecule has 7 nitrogen and oxygen atoms in total. The average molecular weight is 522 g/mol. The summed E-state index contributed by atoms with van der Waals surface area (Å²) in [5, 5.41) is 6.48. The Bertz CT molecular complexity index is 502. The highest BCUT2D eigenvalue weighted by molar-refractivity contribution is 14.0. The molecule has 0 aromatic carbocycles. The Kier molecular flexibility index (Phi) is 11.6. The van der Waals surface area contributed by atoms with Gasteiger partial charge in [0.25, 0.3) is 0 Å². The lowest BCUT2D eigenvalue weighted by molar-refractivity contribution is -0.127. The maximum atomic E-state index is 11.8. The van der Waals surface area contributed by atoms with E-state index < -0.39 is 0 Å². The van der Waals surface area contributed by atoms with Crippen molar-refractivity contribution in [2.75, 3.05) is 46.4 Å². The topological polar surface area (TPSA) is 75.2 Å². The van der Waals surface area contributed by atoms with Crippen LogP contribution >= 0.6 is 24.0 Å². The SMILES string of the molecule is CN=C(NCCCNC(=O)C1CCC1)N1CCC(OCC2CCCCO2)CC1.I. The molecule has 1 atom stereocenters. The van der Waals surface area contributed by atoms with E-state index in [-0.39, 0.29) is 35.8 Å². The van der Waals surface area contributed by atoms with E-state index in [0.29, 0.717) is 12.2 Å². The van der Waals surface area contributed by atoms with Gasteiger partial charge in [0.15, 0.2) is 5.96 Å². The third-order valence-electron chi connectivity index (χ3n) is 6.16. The fourth-order valence-corrected chi connectivity index (χ4v) is 4.06. The van der Waals surface area contributed by atoms with Gasteiger partial charge in [0.2, 0.25) is 5.91 Å². The number of aliphatic imine (C=N–C) groups is 1. The van der Waals surface area contributed by atoms with E-state index in [1.165, 1.54) is 19.3 Å². The van der Waals surface area contributed by atoms with Gasteiger partial charge >= 0.3 is 0 Å². The van der Waals surface area contributed by atoms with Crippen molar-refractivity contribution in [1.29, 1.82) is 0 Å². The molecular weight excluding hydrogens is 483 g/mol. The van der Waals surface area contributed by atoms with Gasteiger partial charge in [-0.1, -0.05) is 6.42 Å². The van der Waals surface area contributed by atoms with Crippen molar-refractivity contribution < 1.29 is 14.3 Å². The summed E-state index contributed by atoms with van der Waals surface area (Å²) in [6.45, 7) is 5.12. The van der Waals surface area contributed by atoms with Crippen molar-refractivity contribution in [1.82, 2.24) is 15.5 Å². The van der Waals surface area contributed by atoms with Crippen molar-refractivity contribution >= 4 is 35.8 Å². The molecule has 0 spiro atoms. The van der Waals surface area contributed by atoms with Crippen LogP contribution in [0.2, 0.25) is 0 Å². The van der Waals surface area contributed by atoms with Gasteiger partial charge < -0.3 is 25.0 Å². The first-order chi connectivity index (χ1) is 13.8. The molecular formula is C21H39IN4O3. The second-order valence-corrected chi connectivity index (χ2v) is 8.25. The summed E-state index contributed by atoms with van der Waals surface area (Å²) in [5.41, 5.74) is 0. The Morgan fingerprint density at radius 2 is 1.83 bits per heavy atom. The first-order valence-electron chi connectivity index (χ1n) is 11.2. The molecule has 2 N–H and O–H groups in total. The van der Waals surface area contributed by atoms with Crippen molar-refractivity contribution in [3.05, 3.63) is 0 Å². The molecule has 2 saturated heterocycles. The lowest BCUT2D eigenvalue weighted by atomic mass is 9.85. The fraction of sp³-hybridized carbons (Fsp3) is 0.905. The number of nitrogens with zero attached hydrogens (tertiary/aromatic N) is 2. The van der Waals surface area contributed by atoms with Gasteiger partial charge in [0, 0.05) is 45.8 Å². The number of rotatable bonds is 8. The fourth-order valence-electron chi connectivity index (χ4n) is 4.06. The number of nitrogens with one attached hydrogen (secondary N) is 2. The molecule has 3 rings (SSSR count). The first-order valence-corrected chi connectivity index (χ1v) is 11.2. The van der Waals surface area contributed by atoms with Crippen molar-refractivity contribution in [2.24, 2.45) is 10.9 Å². The number of likely N-dealkylation sites (tertiary alicyclic amines) is 1. The number of guanidine groups is 1. The molecule has 0 radical (unpaired) electrons. The third kappa shape index (κ3) is 8.20. The van der Waals surface area contributed by atoms with Gasteiger partial charge in [-0.2, -0.15) is 0 Å². The van der Waals surface area contributed by atoms with E-state index in [2.05, 4.69) is 20.5 Å². The summed E-state index contributed by atoms with van der Waals surface area (Å²) >= 11 is 0. The third-order valence-corrected chi connectivity index (χ3v) is 6.16. The van der Waals surface area contributed by atoms with Crippen molar-refractivity contribution in [3.63, 3.8) is 0 Å². The van der Waals surface area contributed by atoms with Gasteiger partial charge in [-0.05, 0) is 51.4 Å². The van der Waals surface area contributed by atoms with Crippen LogP contribution in [-0.4, -0.2) is 75.4 Å². The van der Waals surface area contributed by atoms with E-state index in [1.807, 2.05) is 7.05 Å². The number of carbonyl (C=O) groups is 1. The maximum Gasteiger partial charge on any atom is 0.223 e. The maximum absolute atomic E-state index is 11.8.